The van der Waals surface area contributed by atoms with Crippen LogP contribution in [0.15, 0.2) is 6.20 Å². The van der Waals surface area contributed by atoms with Gasteiger partial charge in [0.2, 0.25) is 0 Å². The summed E-state index contributed by atoms with van der Waals surface area (Å²) in [5, 5.41) is 12.8. The zero-order chi connectivity index (χ0) is 8.97. The second-order valence-corrected chi connectivity index (χ2v) is 3.48. The summed E-state index contributed by atoms with van der Waals surface area (Å²) >= 11 is 1.78. The molecule has 0 aliphatic rings. The summed E-state index contributed by atoms with van der Waals surface area (Å²) in [6.45, 7) is 2.73. The fraction of sp³-hybridized carbons (Fsp3) is 0.500. The smallest absolute Gasteiger partial charge is 0.103 e. The molecule has 0 fully saturated rings. The predicted octanol–water partition coefficient (Wildman–Crippen LogP) is 1.43. The van der Waals surface area contributed by atoms with E-state index in [2.05, 4.69) is 17.4 Å². The van der Waals surface area contributed by atoms with Gasteiger partial charge in [0, 0.05) is 18.5 Å². The second kappa shape index (κ2) is 4.17. The van der Waals surface area contributed by atoms with Crippen LogP contribution in [-0.4, -0.2) is 21.8 Å². The molecule has 1 heterocycles. The summed E-state index contributed by atoms with van der Waals surface area (Å²) in [4.78, 5) is 0. The van der Waals surface area contributed by atoms with E-state index in [4.69, 9.17) is 5.26 Å². The minimum atomic E-state index is 0.677. The molecule has 0 saturated carbocycles. The lowest BCUT2D eigenvalue weighted by atomic mass is 10.3. The Balaban J connectivity index is 2.70. The Bertz CT molecular complexity index is 298. The Morgan fingerprint density at radius 1 is 1.75 bits per heavy atom. The third-order valence-corrected chi connectivity index (χ3v) is 2.18. The lowest BCUT2D eigenvalue weighted by Gasteiger charge is -1.96. The molecule has 0 saturated heterocycles. The van der Waals surface area contributed by atoms with E-state index in [1.54, 1.807) is 18.0 Å². The van der Waals surface area contributed by atoms with E-state index >= 15 is 0 Å². The van der Waals surface area contributed by atoms with Gasteiger partial charge in [-0.3, -0.25) is 4.68 Å². The van der Waals surface area contributed by atoms with Crippen molar-refractivity contribution in [3.63, 3.8) is 0 Å². The molecule has 1 aromatic heterocycles. The molecule has 4 heteroatoms. The van der Waals surface area contributed by atoms with Gasteiger partial charge in [-0.1, -0.05) is 0 Å². The predicted molar refractivity (Wildman–Crippen MR) is 50.1 cm³/mol. The standard InChI is InChI=1S/C8H11N3S/c1-7-8(5-9)6-11(10-7)3-4-12-2/h6H,3-4H2,1-2H3. The van der Waals surface area contributed by atoms with Crippen molar-refractivity contribution < 1.29 is 0 Å². The number of aromatic nitrogens is 2. The molecule has 0 aliphatic heterocycles. The van der Waals surface area contributed by atoms with Crippen LogP contribution in [0.3, 0.4) is 0 Å². The SMILES string of the molecule is CSCCn1cc(C#N)c(C)n1. The van der Waals surface area contributed by atoms with E-state index in [0.717, 1.165) is 18.0 Å². The van der Waals surface area contributed by atoms with Crippen molar-refractivity contribution in [3.05, 3.63) is 17.5 Å². The second-order valence-electron chi connectivity index (χ2n) is 2.50. The molecule has 0 N–H and O–H groups in total. The van der Waals surface area contributed by atoms with Crippen LogP contribution in [0.4, 0.5) is 0 Å². The number of hydrogen-bond acceptors (Lipinski definition) is 3. The summed E-state index contributed by atoms with van der Waals surface area (Å²) in [5.41, 5.74) is 1.50. The summed E-state index contributed by atoms with van der Waals surface area (Å²) in [7, 11) is 0. The first-order chi connectivity index (χ1) is 5.77. The van der Waals surface area contributed by atoms with Crippen LogP contribution in [0.5, 0.6) is 0 Å². The number of rotatable bonds is 3. The Labute approximate surface area is 76.4 Å². The highest BCUT2D eigenvalue weighted by molar-refractivity contribution is 7.98. The fourth-order valence-corrected chi connectivity index (χ4v) is 1.30. The third kappa shape index (κ3) is 2.02. The van der Waals surface area contributed by atoms with Crippen molar-refractivity contribution in [2.24, 2.45) is 0 Å². The fourth-order valence-electron chi connectivity index (χ4n) is 0.927. The average Bonchev–Trinajstić information content (AvgIpc) is 2.43. The molecule has 64 valence electrons. The lowest BCUT2D eigenvalue weighted by Crippen LogP contribution is -2.00. The van der Waals surface area contributed by atoms with Gasteiger partial charge in [-0.05, 0) is 13.2 Å². The maximum atomic E-state index is 8.65. The Hall–Kier alpha value is -0.950. The molecule has 0 amide bonds. The van der Waals surface area contributed by atoms with Crippen LogP contribution < -0.4 is 0 Å². The summed E-state index contributed by atoms with van der Waals surface area (Å²) < 4.78 is 1.82. The maximum Gasteiger partial charge on any atom is 0.103 e. The molecule has 1 rings (SSSR count). The Morgan fingerprint density at radius 3 is 3.00 bits per heavy atom. The first kappa shape index (κ1) is 9.14. The minimum absolute atomic E-state index is 0.677. The van der Waals surface area contributed by atoms with Crippen LogP contribution in [0.25, 0.3) is 0 Å². The van der Waals surface area contributed by atoms with Crippen molar-refractivity contribution in [2.45, 2.75) is 13.5 Å². The monoisotopic (exact) mass is 181 g/mol. The van der Waals surface area contributed by atoms with Crippen molar-refractivity contribution in [2.75, 3.05) is 12.0 Å². The van der Waals surface area contributed by atoms with Crippen LogP contribution in [-0.2, 0) is 6.54 Å². The van der Waals surface area contributed by atoms with Crippen LogP contribution in [0.1, 0.15) is 11.3 Å². The highest BCUT2D eigenvalue weighted by atomic mass is 32.2. The van der Waals surface area contributed by atoms with Gasteiger partial charge in [0.1, 0.15) is 6.07 Å². The Morgan fingerprint density at radius 2 is 2.50 bits per heavy atom. The molecule has 0 atom stereocenters. The quantitative estimate of drug-likeness (QED) is 0.708. The summed E-state index contributed by atoms with van der Waals surface area (Å²) in [6.07, 6.45) is 3.85. The lowest BCUT2D eigenvalue weighted by molar-refractivity contribution is 0.660. The summed E-state index contributed by atoms with van der Waals surface area (Å²) in [6, 6.07) is 2.10. The van der Waals surface area contributed by atoms with E-state index in [1.807, 2.05) is 11.6 Å². The van der Waals surface area contributed by atoms with Crippen molar-refractivity contribution in [1.29, 1.82) is 5.26 Å². The van der Waals surface area contributed by atoms with Crippen molar-refractivity contribution >= 4 is 11.8 Å². The number of nitriles is 1. The molecule has 12 heavy (non-hydrogen) atoms. The topological polar surface area (TPSA) is 41.6 Å². The van der Waals surface area contributed by atoms with Gasteiger partial charge < -0.3 is 0 Å². The number of aryl methyl sites for hydroxylation is 2. The Kier molecular flexibility index (Phi) is 3.18. The van der Waals surface area contributed by atoms with E-state index in [9.17, 15) is 0 Å². The highest BCUT2D eigenvalue weighted by Gasteiger charge is 2.01. The van der Waals surface area contributed by atoms with Crippen LogP contribution in [0, 0.1) is 18.3 Å². The van der Waals surface area contributed by atoms with Gasteiger partial charge in [0.25, 0.3) is 0 Å². The molecule has 0 aliphatic carbocycles. The van der Waals surface area contributed by atoms with E-state index in [0.29, 0.717) is 5.56 Å². The normalized spacial score (nSPS) is 9.75. The van der Waals surface area contributed by atoms with E-state index in [-0.39, 0.29) is 0 Å². The molecule has 0 bridgehead atoms. The first-order valence-electron chi connectivity index (χ1n) is 3.71. The van der Waals surface area contributed by atoms with Gasteiger partial charge in [-0.15, -0.1) is 0 Å². The van der Waals surface area contributed by atoms with Gasteiger partial charge >= 0.3 is 0 Å². The first-order valence-corrected chi connectivity index (χ1v) is 5.10. The third-order valence-electron chi connectivity index (χ3n) is 1.59. The zero-order valence-corrected chi connectivity index (χ0v) is 8.06. The minimum Gasteiger partial charge on any atom is -0.270 e. The van der Waals surface area contributed by atoms with Gasteiger partial charge in [0.15, 0.2) is 0 Å². The van der Waals surface area contributed by atoms with Gasteiger partial charge in [0.05, 0.1) is 11.3 Å². The number of hydrogen-bond donors (Lipinski definition) is 0. The molecule has 1 aromatic rings. The van der Waals surface area contributed by atoms with Gasteiger partial charge in [-0.25, -0.2) is 0 Å². The summed E-state index contributed by atoms with van der Waals surface area (Å²) in [5.74, 6) is 1.03. The number of thioether (sulfide) groups is 1. The zero-order valence-electron chi connectivity index (χ0n) is 7.24. The number of nitrogens with zero attached hydrogens (tertiary/aromatic N) is 3. The molecule has 0 radical (unpaired) electrons. The molecule has 3 nitrogen and oxygen atoms in total. The van der Waals surface area contributed by atoms with Crippen molar-refractivity contribution in [1.82, 2.24) is 9.78 Å². The molecule has 0 spiro atoms. The van der Waals surface area contributed by atoms with Crippen LogP contribution in [0.2, 0.25) is 0 Å². The molecular weight excluding hydrogens is 170 g/mol. The average molecular weight is 181 g/mol. The van der Waals surface area contributed by atoms with Gasteiger partial charge in [-0.2, -0.15) is 22.1 Å². The van der Waals surface area contributed by atoms with Crippen molar-refractivity contribution in [3.8, 4) is 6.07 Å². The van der Waals surface area contributed by atoms with E-state index in [1.165, 1.54) is 0 Å². The van der Waals surface area contributed by atoms with Crippen LogP contribution >= 0.6 is 11.8 Å². The molecule has 0 aromatic carbocycles. The molecule has 0 unspecified atom stereocenters. The molecular formula is C8H11N3S. The largest absolute Gasteiger partial charge is 0.270 e. The maximum absolute atomic E-state index is 8.65. The highest BCUT2D eigenvalue weighted by Crippen LogP contribution is 2.04. The van der Waals surface area contributed by atoms with E-state index < -0.39 is 0 Å².